The molecule has 2 bridgehead atoms. The number of alkyl carbamates (subject to hydrolysis) is 1. The number of hydrogen-bond acceptors (Lipinski definition) is 9. The fourth-order valence-electron chi connectivity index (χ4n) is 8.66. The van der Waals surface area contributed by atoms with Gasteiger partial charge >= 0.3 is 6.09 Å². The molecule has 2 saturated heterocycles. The van der Waals surface area contributed by atoms with Crippen LogP contribution in [-0.2, 0) is 25.5 Å². The van der Waals surface area contributed by atoms with E-state index in [1.165, 1.54) is 6.92 Å². The van der Waals surface area contributed by atoms with Crippen molar-refractivity contribution >= 4 is 28.8 Å². The number of aromatic nitrogens is 2. The summed E-state index contributed by atoms with van der Waals surface area (Å²) < 4.78 is 24.1. The molecule has 1 aromatic carbocycles. The minimum absolute atomic E-state index is 0.110. The first-order chi connectivity index (χ1) is 23.0. The van der Waals surface area contributed by atoms with Crippen LogP contribution in [0.2, 0.25) is 0 Å². The Morgan fingerprint density at radius 1 is 1.04 bits per heavy atom. The first kappa shape index (κ1) is 34.4. The minimum atomic E-state index is -0.891. The quantitative estimate of drug-likeness (QED) is 0.431. The number of nitrogens with zero attached hydrogens (tertiary/aromatic N) is 3. The number of carbonyl (C=O) groups excluding carboxylic acids is 3. The summed E-state index contributed by atoms with van der Waals surface area (Å²) in [6.45, 7) is 8.80. The van der Waals surface area contributed by atoms with E-state index in [9.17, 15) is 14.4 Å². The molecule has 262 valence electrons. The molecule has 4 heterocycles. The molecule has 6 rings (SSSR count). The molecule has 1 aliphatic carbocycles. The minimum Gasteiger partial charge on any atom is -0.497 e. The molecule has 3 fully saturated rings. The summed E-state index contributed by atoms with van der Waals surface area (Å²) in [5, 5.41) is 3.05. The Labute approximate surface area is 283 Å². The molecule has 11 heteroatoms. The fourth-order valence-corrected chi connectivity index (χ4v) is 8.66. The summed E-state index contributed by atoms with van der Waals surface area (Å²) in [6, 6.07) is 4.05. The second-order valence-corrected chi connectivity index (χ2v) is 14.8. The van der Waals surface area contributed by atoms with Gasteiger partial charge in [-0.05, 0) is 89.7 Å². The maximum absolute atomic E-state index is 14.8. The highest BCUT2D eigenvalue weighted by Crippen LogP contribution is 2.43. The van der Waals surface area contributed by atoms with Crippen molar-refractivity contribution < 1.29 is 33.3 Å². The van der Waals surface area contributed by atoms with Crippen molar-refractivity contribution in [1.82, 2.24) is 20.2 Å². The van der Waals surface area contributed by atoms with E-state index in [0.717, 1.165) is 56.2 Å². The van der Waals surface area contributed by atoms with Gasteiger partial charge < -0.3 is 29.2 Å². The van der Waals surface area contributed by atoms with E-state index in [-0.39, 0.29) is 30.1 Å². The standard InChI is InChI=1S/C37H52N4O7/c1-6-26-30-22-41(31(26)23(2)42)34(43)32(36(3)17-19-46-20-18-36)40-35(44)48-37(4)16-10-12-24(37)11-8-7-9-13-28-33(47-30)39-29-21-25(45-5)14-15-27(29)38-28/h14-15,21,24,26,30-32H,6-13,16-20,22H2,1-5H3,(H,40,44)/t24-,26-,30+,31-,32-,37-/m1/s1. The van der Waals surface area contributed by atoms with Crippen molar-refractivity contribution in [2.45, 2.75) is 122 Å². The lowest BCUT2D eigenvalue weighted by Gasteiger charge is -2.42. The van der Waals surface area contributed by atoms with Crippen LogP contribution in [-0.4, -0.2) is 83.3 Å². The van der Waals surface area contributed by atoms with Gasteiger partial charge in [0.2, 0.25) is 11.8 Å². The lowest BCUT2D eigenvalue weighted by molar-refractivity contribution is -0.144. The summed E-state index contributed by atoms with van der Waals surface area (Å²) in [5.74, 6) is 0.699. The molecule has 1 N–H and O–H groups in total. The van der Waals surface area contributed by atoms with Gasteiger partial charge in [0.05, 0.1) is 30.7 Å². The van der Waals surface area contributed by atoms with Crippen LogP contribution in [0.1, 0.15) is 97.6 Å². The Morgan fingerprint density at radius 2 is 1.81 bits per heavy atom. The van der Waals surface area contributed by atoms with E-state index < -0.39 is 35.3 Å². The first-order valence-electron chi connectivity index (χ1n) is 17.9. The topological polar surface area (TPSA) is 129 Å². The van der Waals surface area contributed by atoms with Gasteiger partial charge in [-0.3, -0.25) is 9.59 Å². The third-order valence-corrected chi connectivity index (χ3v) is 11.7. The molecule has 3 aliphatic heterocycles. The molecular formula is C37H52N4O7. The van der Waals surface area contributed by atoms with Crippen molar-refractivity contribution in [3.8, 4) is 11.6 Å². The molecule has 48 heavy (non-hydrogen) atoms. The zero-order valence-corrected chi connectivity index (χ0v) is 29.2. The van der Waals surface area contributed by atoms with Crippen molar-refractivity contribution in [2.24, 2.45) is 17.3 Å². The number of benzene rings is 1. The van der Waals surface area contributed by atoms with E-state index in [4.69, 9.17) is 28.9 Å². The van der Waals surface area contributed by atoms with Gasteiger partial charge in [-0.2, -0.15) is 0 Å². The monoisotopic (exact) mass is 664 g/mol. The van der Waals surface area contributed by atoms with Gasteiger partial charge in [-0.1, -0.05) is 26.7 Å². The maximum Gasteiger partial charge on any atom is 0.408 e. The van der Waals surface area contributed by atoms with Gasteiger partial charge in [0, 0.05) is 30.6 Å². The highest BCUT2D eigenvalue weighted by Gasteiger charge is 2.52. The number of fused-ring (bicyclic) bond motifs is 5. The molecule has 1 aromatic heterocycles. The molecule has 6 atom stereocenters. The average molecular weight is 665 g/mol. The number of nitrogens with one attached hydrogen (secondary N) is 1. The van der Waals surface area contributed by atoms with Crippen LogP contribution in [0.3, 0.4) is 0 Å². The molecule has 1 saturated carbocycles. The Bertz CT molecular complexity index is 1510. The summed E-state index contributed by atoms with van der Waals surface area (Å²) in [5.41, 5.74) is 1.03. The third kappa shape index (κ3) is 6.84. The van der Waals surface area contributed by atoms with E-state index >= 15 is 0 Å². The van der Waals surface area contributed by atoms with Gasteiger partial charge in [-0.25, -0.2) is 14.8 Å². The van der Waals surface area contributed by atoms with Gasteiger partial charge in [-0.15, -0.1) is 0 Å². The summed E-state index contributed by atoms with van der Waals surface area (Å²) in [7, 11) is 1.62. The van der Waals surface area contributed by atoms with Crippen LogP contribution >= 0.6 is 0 Å². The first-order valence-corrected chi connectivity index (χ1v) is 17.9. The van der Waals surface area contributed by atoms with Crippen LogP contribution in [0.4, 0.5) is 4.79 Å². The number of ketones is 1. The number of carbonyl (C=O) groups is 3. The van der Waals surface area contributed by atoms with Gasteiger partial charge in [0.25, 0.3) is 0 Å². The third-order valence-electron chi connectivity index (χ3n) is 11.7. The largest absolute Gasteiger partial charge is 0.497 e. The zero-order chi connectivity index (χ0) is 34.1. The van der Waals surface area contributed by atoms with Crippen molar-refractivity contribution in [3.63, 3.8) is 0 Å². The SMILES string of the molecule is CC[C@@H]1[C@@H]2CN(C(=O)[C@H](C3(C)CCOCC3)NC(=O)O[C@]3(C)CCC[C@H]3CCCCCc3nc4ccc(OC)cc4nc3O2)[C@@H]1C(C)=O. The van der Waals surface area contributed by atoms with Crippen molar-refractivity contribution in [1.29, 1.82) is 0 Å². The summed E-state index contributed by atoms with van der Waals surface area (Å²) in [4.78, 5) is 53.5. The molecule has 2 aromatic rings. The maximum atomic E-state index is 14.8. The van der Waals surface area contributed by atoms with E-state index in [0.29, 0.717) is 56.0 Å². The zero-order valence-electron chi connectivity index (χ0n) is 29.2. The Kier molecular flexibility index (Phi) is 10.2. The summed E-state index contributed by atoms with van der Waals surface area (Å²) >= 11 is 0. The van der Waals surface area contributed by atoms with Crippen LogP contribution in [0.5, 0.6) is 11.6 Å². The summed E-state index contributed by atoms with van der Waals surface area (Å²) in [6.07, 6.45) is 8.12. The molecule has 0 radical (unpaired) electrons. The highest BCUT2D eigenvalue weighted by molar-refractivity contribution is 5.93. The van der Waals surface area contributed by atoms with Crippen LogP contribution in [0.25, 0.3) is 11.0 Å². The number of Topliss-reactive ketones (excluding diaryl/α,β-unsaturated/α-hetero) is 1. The predicted molar refractivity (Wildman–Crippen MR) is 180 cm³/mol. The lowest BCUT2D eigenvalue weighted by Crippen LogP contribution is -2.60. The van der Waals surface area contributed by atoms with Crippen molar-refractivity contribution in [2.75, 3.05) is 26.9 Å². The second-order valence-electron chi connectivity index (χ2n) is 14.8. The highest BCUT2D eigenvalue weighted by atomic mass is 16.6. The Hall–Kier alpha value is -3.47. The Balaban J connectivity index is 1.41. The van der Waals surface area contributed by atoms with E-state index in [1.54, 1.807) is 12.0 Å². The number of aryl methyl sites for hydroxylation is 1. The normalized spacial score (nSPS) is 31.4. The molecule has 11 nitrogen and oxygen atoms in total. The number of amides is 2. The second kappa shape index (κ2) is 14.2. The number of rotatable bonds is 4. The smallest absolute Gasteiger partial charge is 0.408 e. The van der Waals surface area contributed by atoms with E-state index in [2.05, 4.69) is 5.32 Å². The molecule has 0 spiro atoms. The predicted octanol–water partition coefficient (Wildman–Crippen LogP) is 5.80. The lowest BCUT2D eigenvalue weighted by atomic mass is 9.75. The fraction of sp³-hybridized carbons (Fsp3) is 0.703. The van der Waals surface area contributed by atoms with Crippen LogP contribution < -0.4 is 14.8 Å². The molecular weight excluding hydrogens is 612 g/mol. The molecule has 4 aliphatic rings. The number of methoxy groups -OCH3 is 1. The van der Waals surface area contributed by atoms with Gasteiger partial charge in [0.1, 0.15) is 29.2 Å². The molecule has 2 amide bonds. The van der Waals surface area contributed by atoms with E-state index in [1.807, 2.05) is 39.0 Å². The number of ether oxygens (including phenoxy) is 4. The average Bonchev–Trinajstić information content (AvgIpc) is 3.62. The molecule has 0 unspecified atom stereocenters. The van der Waals surface area contributed by atoms with Gasteiger partial charge in [0.15, 0.2) is 5.78 Å². The van der Waals surface area contributed by atoms with Crippen LogP contribution in [0.15, 0.2) is 18.2 Å². The number of hydrogen-bond donors (Lipinski definition) is 1. The van der Waals surface area contributed by atoms with Crippen molar-refractivity contribution in [3.05, 3.63) is 23.9 Å². The Morgan fingerprint density at radius 3 is 2.54 bits per heavy atom. The van der Waals surface area contributed by atoms with Crippen LogP contribution in [0, 0.1) is 17.3 Å².